The average molecular weight is 442 g/mol. The molecule has 30 heavy (non-hydrogen) atoms. The van der Waals surface area contributed by atoms with Crippen LogP contribution in [-0.2, 0) is 54.2 Å². The van der Waals surface area contributed by atoms with E-state index in [1.54, 1.807) is 13.2 Å². The zero-order chi connectivity index (χ0) is 20.6. The molecular formula is C20H28N5NaO3S. The zero-order valence-corrected chi connectivity index (χ0v) is 17.5. The first-order valence-corrected chi connectivity index (χ1v) is 11.5. The van der Waals surface area contributed by atoms with Crippen LogP contribution in [0.1, 0.15) is 40.7 Å². The predicted molar refractivity (Wildman–Crippen MR) is 118 cm³/mol. The molecule has 1 aromatic carbocycles. The van der Waals surface area contributed by atoms with Crippen molar-refractivity contribution in [1.29, 1.82) is 0 Å². The number of nitrogens with two attached hydrogens (primary N) is 1. The van der Waals surface area contributed by atoms with Crippen molar-refractivity contribution in [2.24, 2.45) is 12.8 Å². The summed E-state index contributed by atoms with van der Waals surface area (Å²) in [4.78, 5) is 12.8. The van der Waals surface area contributed by atoms with E-state index in [2.05, 4.69) is 15.9 Å². The Labute approximate surface area is 199 Å². The predicted octanol–water partition coefficient (Wildman–Crippen LogP) is 0.118. The molecule has 0 aliphatic heterocycles. The van der Waals surface area contributed by atoms with Crippen LogP contribution in [-0.4, -0.2) is 66.8 Å². The van der Waals surface area contributed by atoms with Crippen LogP contribution in [0.4, 0.5) is 5.69 Å². The van der Waals surface area contributed by atoms with Gasteiger partial charge in [0.25, 0.3) is 0 Å². The number of aryl methyl sites for hydroxylation is 3. The van der Waals surface area contributed by atoms with Crippen molar-refractivity contribution in [3.63, 3.8) is 0 Å². The first-order valence-electron chi connectivity index (χ1n) is 10.1. The van der Waals surface area contributed by atoms with E-state index >= 15 is 0 Å². The van der Waals surface area contributed by atoms with E-state index in [1.165, 1.54) is 33.1 Å². The number of nitrogens with one attached hydrogen (secondary N) is 1. The Morgan fingerprint density at radius 2 is 1.83 bits per heavy atom. The number of hydrogen-bond donors (Lipinski definition) is 2. The number of fused-ring (bicyclic) bond motifs is 2. The molecule has 0 bridgehead atoms. The van der Waals surface area contributed by atoms with Crippen LogP contribution in [0.2, 0.25) is 0 Å². The third-order valence-corrected chi connectivity index (χ3v) is 7.24. The molecule has 1 amide bonds. The molecule has 0 spiro atoms. The number of nitrogens with zero attached hydrogens (tertiary/aromatic N) is 3. The Kier molecular flexibility index (Phi) is 7.29. The van der Waals surface area contributed by atoms with Gasteiger partial charge >= 0.3 is 39.8 Å². The summed E-state index contributed by atoms with van der Waals surface area (Å²) in [5.74, 6) is -0.509. The number of carbonyl (C=O) groups excluding carboxylic acids is 1. The standard InChI is InChI=1S/C20H27N5O3S.Na.H/c1-24-13-16(12-22-24)25(9-8-21)29(27,28)23-20(26)11-19-17-6-2-4-14(17)10-15-5-3-7-18(15)19;;/h10,12-13H,2-9,11,21H2,1H3,(H,23,26);;. The van der Waals surface area contributed by atoms with E-state index in [9.17, 15) is 13.2 Å². The van der Waals surface area contributed by atoms with E-state index in [0.717, 1.165) is 48.4 Å². The Balaban J connectivity index is 0.00000256. The van der Waals surface area contributed by atoms with Crippen LogP contribution in [0.3, 0.4) is 0 Å². The van der Waals surface area contributed by atoms with Gasteiger partial charge in [0.05, 0.1) is 18.3 Å². The second kappa shape index (κ2) is 9.40. The monoisotopic (exact) mass is 441 g/mol. The van der Waals surface area contributed by atoms with Crippen molar-refractivity contribution in [2.45, 2.75) is 44.9 Å². The molecule has 2 aromatic rings. The molecule has 1 heterocycles. The van der Waals surface area contributed by atoms with Gasteiger partial charge in [0.15, 0.2) is 0 Å². The summed E-state index contributed by atoms with van der Waals surface area (Å²) in [5, 5.41) is 4.02. The SMILES string of the molecule is Cn1cc(N(CCN)S(=O)(=O)NC(=O)Cc2c3c(cc4c2CCC4)CCC3)cn1.[NaH]. The molecule has 10 heteroatoms. The maximum atomic E-state index is 12.9. The maximum absolute atomic E-state index is 12.9. The summed E-state index contributed by atoms with van der Waals surface area (Å²) in [5.41, 5.74) is 12.2. The summed E-state index contributed by atoms with van der Waals surface area (Å²) in [6.07, 6.45) is 9.31. The molecule has 0 unspecified atom stereocenters. The van der Waals surface area contributed by atoms with Gasteiger partial charge in [-0.15, -0.1) is 0 Å². The fraction of sp³-hybridized carbons (Fsp3) is 0.500. The van der Waals surface area contributed by atoms with E-state index in [4.69, 9.17) is 5.73 Å². The van der Waals surface area contributed by atoms with Gasteiger partial charge in [0.1, 0.15) is 0 Å². The molecule has 8 nitrogen and oxygen atoms in total. The third-order valence-electron chi connectivity index (χ3n) is 5.78. The summed E-state index contributed by atoms with van der Waals surface area (Å²) in [7, 11) is -2.37. The molecule has 158 valence electrons. The summed E-state index contributed by atoms with van der Waals surface area (Å²) in [6, 6.07) is 2.30. The van der Waals surface area contributed by atoms with Crippen LogP contribution < -0.4 is 14.8 Å². The molecular weight excluding hydrogens is 413 g/mol. The Bertz CT molecular complexity index is 1020. The molecule has 3 N–H and O–H groups in total. The Morgan fingerprint density at radius 3 is 2.37 bits per heavy atom. The second-order valence-corrected chi connectivity index (χ2v) is 9.37. The quantitative estimate of drug-likeness (QED) is 0.593. The molecule has 0 saturated carbocycles. The third kappa shape index (κ3) is 4.60. The second-order valence-electron chi connectivity index (χ2n) is 7.78. The summed E-state index contributed by atoms with van der Waals surface area (Å²) in [6.45, 7) is 0.189. The fourth-order valence-electron chi connectivity index (χ4n) is 4.59. The van der Waals surface area contributed by atoms with Crippen LogP contribution in [0.15, 0.2) is 18.5 Å². The number of benzene rings is 1. The van der Waals surface area contributed by atoms with Crippen molar-refractivity contribution >= 4 is 51.4 Å². The van der Waals surface area contributed by atoms with Gasteiger partial charge in [-0.1, -0.05) is 6.07 Å². The van der Waals surface area contributed by atoms with Gasteiger partial charge in [-0.2, -0.15) is 13.5 Å². The van der Waals surface area contributed by atoms with E-state index in [-0.39, 0.29) is 49.1 Å². The normalized spacial score (nSPS) is 14.7. The molecule has 1 aromatic heterocycles. The molecule has 0 atom stereocenters. The zero-order valence-electron chi connectivity index (χ0n) is 16.6. The molecule has 4 rings (SSSR count). The summed E-state index contributed by atoms with van der Waals surface area (Å²) < 4.78 is 30.6. The molecule has 0 saturated heterocycles. The number of anilines is 1. The average Bonchev–Trinajstić information content (AvgIpc) is 3.39. The number of carbonyl (C=O) groups is 1. The van der Waals surface area contributed by atoms with Gasteiger partial charge < -0.3 is 5.73 Å². The minimum atomic E-state index is -4.07. The van der Waals surface area contributed by atoms with Crippen molar-refractivity contribution < 1.29 is 13.2 Å². The summed E-state index contributed by atoms with van der Waals surface area (Å²) >= 11 is 0. The van der Waals surface area contributed by atoms with Gasteiger partial charge in [-0.3, -0.25) is 9.48 Å². The Hall–Kier alpha value is -1.39. The van der Waals surface area contributed by atoms with E-state index in [1.807, 2.05) is 0 Å². The first-order chi connectivity index (χ1) is 13.9. The van der Waals surface area contributed by atoms with Crippen molar-refractivity contribution in [1.82, 2.24) is 14.5 Å². The van der Waals surface area contributed by atoms with Gasteiger partial charge in [-0.25, -0.2) is 9.03 Å². The van der Waals surface area contributed by atoms with Gasteiger partial charge in [0, 0.05) is 26.3 Å². The van der Waals surface area contributed by atoms with Crippen molar-refractivity contribution in [2.75, 3.05) is 17.4 Å². The number of amides is 1. The molecule has 2 aliphatic rings. The Morgan fingerprint density at radius 1 is 1.20 bits per heavy atom. The number of aromatic nitrogens is 2. The van der Waals surface area contributed by atoms with Crippen LogP contribution >= 0.6 is 0 Å². The molecule has 0 radical (unpaired) electrons. The number of hydrogen-bond acceptors (Lipinski definition) is 5. The van der Waals surface area contributed by atoms with Crippen LogP contribution in [0, 0.1) is 0 Å². The van der Waals surface area contributed by atoms with Crippen molar-refractivity contribution in [3.8, 4) is 0 Å². The number of rotatable bonds is 7. The van der Waals surface area contributed by atoms with E-state index < -0.39 is 16.1 Å². The first kappa shape index (κ1) is 23.3. The molecule has 2 aliphatic carbocycles. The fourth-order valence-corrected chi connectivity index (χ4v) is 5.77. The van der Waals surface area contributed by atoms with Crippen molar-refractivity contribution in [3.05, 3.63) is 46.3 Å². The van der Waals surface area contributed by atoms with Crippen LogP contribution in [0.5, 0.6) is 0 Å². The topological polar surface area (TPSA) is 110 Å². The minimum absolute atomic E-state index is 0. The molecule has 0 fully saturated rings. The van der Waals surface area contributed by atoms with Gasteiger partial charge in [-0.05, 0) is 66.3 Å². The van der Waals surface area contributed by atoms with Gasteiger partial charge in [0.2, 0.25) is 5.91 Å². The van der Waals surface area contributed by atoms with E-state index in [0.29, 0.717) is 5.69 Å². The van der Waals surface area contributed by atoms with Crippen LogP contribution in [0.25, 0.3) is 0 Å².